The highest BCUT2D eigenvalue weighted by atomic mass is 16.6. The Hall–Kier alpha value is -1.85. The first-order valence-corrected chi connectivity index (χ1v) is 6.21. The predicted octanol–water partition coefficient (Wildman–Crippen LogP) is 2.78. The van der Waals surface area contributed by atoms with Crippen LogP contribution in [0.1, 0.15) is 33.1 Å². The molecule has 0 bridgehead atoms. The molecule has 1 aliphatic carbocycles. The number of anilines is 2. The molecule has 1 saturated carbocycles. The number of nitrogens with zero attached hydrogens (tertiary/aromatic N) is 2. The zero-order chi connectivity index (χ0) is 13.2. The molecule has 1 aromatic heterocycles. The van der Waals surface area contributed by atoms with E-state index in [2.05, 4.69) is 22.5 Å². The Morgan fingerprint density at radius 3 is 2.72 bits per heavy atom. The third-order valence-corrected chi connectivity index (χ3v) is 3.31. The highest BCUT2D eigenvalue weighted by Crippen LogP contribution is 2.36. The maximum atomic E-state index is 11.0. The number of nitrogens with one attached hydrogen (secondary N) is 2. The van der Waals surface area contributed by atoms with Crippen molar-refractivity contribution in [2.24, 2.45) is 0 Å². The van der Waals surface area contributed by atoms with E-state index in [-0.39, 0.29) is 11.2 Å². The third kappa shape index (κ3) is 2.52. The van der Waals surface area contributed by atoms with Crippen molar-refractivity contribution >= 4 is 17.3 Å². The number of rotatable bonds is 5. The van der Waals surface area contributed by atoms with Crippen molar-refractivity contribution < 1.29 is 4.92 Å². The molecule has 0 saturated heterocycles. The van der Waals surface area contributed by atoms with Crippen molar-refractivity contribution in [3.63, 3.8) is 0 Å². The van der Waals surface area contributed by atoms with Gasteiger partial charge >= 0.3 is 5.69 Å². The first-order chi connectivity index (χ1) is 8.54. The SMILES string of the molecule is CCNc1ccc([N+](=O)[O-])c(NC2(C)CCC2)n1. The average Bonchev–Trinajstić information content (AvgIpc) is 2.27. The largest absolute Gasteiger partial charge is 0.370 e. The summed E-state index contributed by atoms with van der Waals surface area (Å²) in [7, 11) is 0. The Bertz CT molecular complexity index is 457. The Morgan fingerprint density at radius 1 is 1.50 bits per heavy atom. The van der Waals surface area contributed by atoms with Gasteiger partial charge in [0.1, 0.15) is 5.82 Å². The van der Waals surface area contributed by atoms with Crippen LogP contribution >= 0.6 is 0 Å². The van der Waals surface area contributed by atoms with Crippen molar-refractivity contribution in [3.05, 3.63) is 22.2 Å². The number of hydrogen-bond donors (Lipinski definition) is 2. The monoisotopic (exact) mass is 250 g/mol. The zero-order valence-electron chi connectivity index (χ0n) is 10.7. The van der Waals surface area contributed by atoms with E-state index in [1.165, 1.54) is 6.07 Å². The molecular weight excluding hydrogens is 232 g/mol. The van der Waals surface area contributed by atoms with E-state index in [1.54, 1.807) is 6.07 Å². The molecule has 6 heteroatoms. The molecule has 1 fully saturated rings. The van der Waals surface area contributed by atoms with Gasteiger partial charge in [-0.2, -0.15) is 0 Å². The van der Waals surface area contributed by atoms with Gasteiger partial charge in [-0.3, -0.25) is 10.1 Å². The second-order valence-electron chi connectivity index (χ2n) is 4.89. The molecule has 1 aliphatic rings. The molecule has 18 heavy (non-hydrogen) atoms. The van der Waals surface area contributed by atoms with E-state index in [4.69, 9.17) is 0 Å². The number of pyridine rings is 1. The summed E-state index contributed by atoms with van der Waals surface area (Å²) >= 11 is 0. The molecule has 0 unspecified atom stereocenters. The summed E-state index contributed by atoms with van der Waals surface area (Å²) in [5.41, 5.74) is -0.0208. The van der Waals surface area contributed by atoms with Crippen molar-refractivity contribution in [1.29, 1.82) is 0 Å². The third-order valence-electron chi connectivity index (χ3n) is 3.31. The smallest absolute Gasteiger partial charge is 0.311 e. The van der Waals surface area contributed by atoms with Gasteiger partial charge in [0.05, 0.1) is 4.92 Å². The first-order valence-electron chi connectivity index (χ1n) is 6.21. The maximum Gasteiger partial charge on any atom is 0.311 e. The summed E-state index contributed by atoms with van der Waals surface area (Å²) in [6.07, 6.45) is 3.21. The van der Waals surface area contributed by atoms with Gasteiger partial charge in [0.2, 0.25) is 5.82 Å². The topological polar surface area (TPSA) is 80.1 Å². The molecule has 0 spiro atoms. The molecule has 1 heterocycles. The maximum absolute atomic E-state index is 11.0. The fourth-order valence-electron chi connectivity index (χ4n) is 2.09. The highest BCUT2D eigenvalue weighted by molar-refractivity contribution is 5.61. The fraction of sp³-hybridized carbons (Fsp3) is 0.583. The molecule has 98 valence electrons. The highest BCUT2D eigenvalue weighted by Gasteiger charge is 2.34. The second-order valence-corrected chi connectivity index (χ2v) is 4.89. The molecule has 2 rings (SSSR count). The molecule has 0 radical (unpaired) electrons. The van der Waals surface area contributed by atoms with Crippen molar-refractivity contribution in [1.82, 2.24) is 4.98 Å². The van der Waals surface area contributed by atoms with Gasteiger partial charge in [0.25, 0.3) is 0 Å². The van der Waals surface area contributed by atoms with Crippen LogP contribution in [0.5, 0.6) is 0 Å². The quantitative estimate of drug-likeness (QED) is 0.620. The predicted molar refractivity (Wildman–Crippen MR) is 70.9 cm³/mol. The Morgan fingerprint density at radius 2 is 2.22 bits per heavy atom. The van der Waals surface area contributed by atoms with Gasteiger partial charge in [-0.1, -0.05) is 0 Å². The van der Waals surface area contributed by atoms with E-state index in [1.807, 2.05) is 6.92 Å². The van der Waals surface area contributed by atoms with Crippen LogP contribution in [0, 0.1) is 10.1 Å². The van der Waals surface area contributed by atoms with Crippen LogP contribution in [-0.2, 0) is 0 Å². The number of aromatic nitrogens is 1. The van der Waals surface area contributed by atoms with Crippen LogP contribution < -0.4 is 10.6 Å². The van der Waals surface area contributed by atoms with Crippen LogP contribution in [0.4, 0.5) is 17.3 Å². The summed E-state index contributed by atoms with van der Waals surface area (Å²) in [5.74, 6) is 1.02. The summed E-state index contributed by atoms with van der Waals surface area (Å²) in [6.45, 7) is 4.77. The Labute approximate surface area is 106 Å². The van der Waals surface area contributed by atoms with Gasteiger partial charge in [0.15, 0.2) is 0 Å². The van der Waals surface area contributed by atoms with E-state index < -0.39 is 4.92 Å². The minimum Gasteiger partial charge on any atom is -0.370 e. The molecule has 1 aromatic rings. The summed E-state index contributed by atoms with van der Waals surface area (Å²) in [5, 5.41) is 17.3. The van der Waals surface area contributed by atoms with Crippen molar-refractivity contribution in [2.45, 2.75) is 38.6 Å². The standard InChI is InChI=1S/C12H18N4O2/c1-3-13-10-6-5-9(16(17)18)11(14-10)15-12(2)7-4-8-12/h5-6H,3-4,7-8H2,1-2H3,(H2,13,14,15). The average molecular weight is 250 g/mol. The van der Waals surface area contributed by atoms with Gasteiger partial charge < -0.3 is 10.6 Å². The number of nitro groups is 1. The summed E-state index contributed by atoms with van der Waals surface area (Å²) in [6, 6.07) is 3.13. The van der Waals surface area contributed by atoms with Crippen LogP contribution in [0.25, 0.3) is 0 Å². The van der Waals surface area contributed by atoms with Crippen LogP contribution in [0.15, 0.2) is 12.1 Å². The van der Waals surface area contributed by atoms with Gasteiger partial charge in [-0.25, -0.2) is 4.98 Å². The molecule has 0 aromatic carbocycles. The Balaban J connectivity index is 2.28. The molecular formula is C12H18N4O2. The van der Waals surface area contributed by atoms with Crippen LogP contribution in [0.3, 0.4) is 0 Å². The Kier molecular flexibility index (Phi) is 3.36. The lowest BCUT2D eigenvalue weighted by Crippen LogP contribution is -2.42. The normalized spacial score (nSPS) is 16.8. The lowest BCUT2D eigenvalue weighted by molar-refractivity contribution is -0.384. The first kappa shape index (κ1) is 12.6. The molecule has 0 amide bonds. The summed E-state index contributed by atoms with van der Waals surface area (Å²) in [4.78, 5) is 14.9. The lowest BCUT2D eigenvalue weighted by Gasteiger charge is -2.39. The van der Waals surface area contributed by atoms with Gasteiger partial charge in [-0.05, 0) is 39.2 Å². The molecule has 0 atom stereocenters. The van der Waals surface area contributed by atoms with Crippen molar-refractivity contribution in [2.75, 3.05) is 17.2 Å². The van der Waals surface area contributed by atoms with E-state index in [0.29, 0.717) is 11.6 Å². The van der Waals surface area contributed by atoms with E-state index >= 15 is 0 Å². The van der Waals surface area contributed by atoms with Crippen molar-refractivity contribution in [3.8, 4) is 0 Å². The minimum absolute atomic E-state index is 0.0322. The number of hydrogen-bond acceptors (Lipinski definition) is 5. The minimum atomic E-state index is -0.396. The summed E-state index contributed by atoms with van der Waals surface area (Å²) < 4.78 is 0. The van der Waals surface area contributed by atoms with Gasteiger partial charge in [-0.15, -0.1) is 0 Å². The van der Waals surface area contributed by atoms with E-state index in [0.717, 1.165) is 25.8 Å². The molecule has 6 nitrogen and oxygen atoms in total. The molecule has 0 aliphatic heterocycles. The van der Waals surface area contributed by atoms with Crippen LogP contribution in [-0.4, -0.2) is 22.0 Å². The fourth-order valence-corrected chi connectivity index (χ4v) is 2.09. The zero-order valence-corrected chi connectivity index (χ0v) is 10.7. The van der Waals surface area contributed by atoms with Gasteiger partial charge in [0, 0.05) is 18.2 Å². The molecule has 2 N–H and O–H groups in total. The second kappa shape index (κ2) is 4.80. The van der Waals surface area contributed by atoms with Crippen LogP contribution in [0.2, 0.25) is 0 Å². The lowest BCUT2D eigenvalue weighted by atomic mass is 9.78. The van der Waals surface area contributed by atoms with E-state index in [9.17, 15) is 10.1 Å².